The maximum atomic E-state index is 4.30. The lowest BCUT2D eigenvalue weighted by atomic mass is 10.1. The molecular formula is C16H14NS+. The Labute approximate surface area is 112 Å². The van der Waals surface area contributed by atoms with Gasteiger partial charge in [-0.05, 0) is 23.6 Å². The van der Waals surface area contributed by atoms with Gasteiger partial charge in [-0.25, -0.2) is 4.57 Å². The summed E-state index contributed by atoms with van der Waals surface area (Å²) in [5.41, 5.74) is 1.29. The predicted octanol–water partition coefficient (Wildman–Crippen LogP) is 3.46. The Bertz CT molecular complexity index is 674. The van der Waals surface area contributed by atoms with Crippen LogP contribution in [0.4, 0.5) is 0 Å². The summed E-state index contributed by atoms with van der Waals surface area (Å²) >= 11 is 4.30. The third kappa shape index (κ3) is 2.39. The molecule has 0 saturated heterocycles. The van der Waals surface area contributed by atoms with E-state index in [1.165, 1.54) is 16.3 Å². The third-order valence-electron chi connectivity index (χ3n) is 3.05. The number of hydrogen-bond acceptors (Lipinski definition) is 1. The molecule has 0 spiro atoms. The number of benzene rings is 2. The number of pyridine rings is 1. The number of hydrogen-bond donors (Lipinski definition) is 1. The first-order chi connectivity index (χ1) is 8.81. The van der Waals surface area contributed by atoms with E-state index in [-0.39, 0.29) is 0 Å². The molecular weight excluding hydrogens is 238 g/mol. The summed E-state index contributed by atoms with van der Waals surface area (Å²) in [4.78, 5) is 1.00. The smallest absolute Gasteiger partial charge is 0.176 e. The molecule has 3 aromatic rings. The summed E-state index contributed by atoms with van der Waals surface area (Å²) in [5.74, 6) is 0. The third-order valence-corrected chi connectivity index (χ3v) is 3.35. The van der Waals surface area contributed by atoms with Crippen LogP contribution in [-0.2, 0) is 6.54 Å². The number of nitrogens with zero attached hydrogens (tertiary/aromatic N) is 1. The van der Waals surface area contributed by atoms with Crippen LogP contribution in [0.1, 0.15) is 5.56 Å². The van der Waals surface area contributed by atoms with Crippen molar-refractivity contribution in [3.8, 4) is 0 Å². The minimum atomic E-state index is 0.888. The Kier molecular flexibility index (Phi) is 3.03. The summed E-state index contributed by atoms with van der Waals surface area (Å²) in [6, 6.07) is 18.9. The van der Waals surface area contributed by atoms with Crippen LogP contribution < -0.4 is 4.57 Å². The van der Waals surface area contributed by atoms with Gasteiger partial charge in [-0.3, -0.25) is 0 Å². The Morgan fingerprint density at radius 3 is 2.33 bits per heavy atom. The number of aromatic nitrogens is 1. The van der Waals surface area contributed by atoms with E-state index in [9.17, 15) is 0 Å². The van der Waals surface area contributed by atoms with Crippen molar-refractivity contribution in [3.05, 3.63) is 72.6 Å². The van der Waals surface area contributed by atoms with E-state index in [1.807, 2.05) is 12.1 Å². The number of rotatable bonds is 2. The SMILES string of the molecule is Sc1ccc(C[n+]2ccc3ccccc3c2)cc1. The molecule has 0 unspecified atom stereocenters. The molecule has 0 amide bonds. The zero-order chi connectivity index (χ0) is 12.4. The minimum absolute atomic E-state index is 0.888. The quantitative estimate of drug-likeness (QED) is 0.526. The number of fused-ring (bicyclic) bond motifs is 1. The summed E-state index contributed by atoms with van der Waals surface area (Å²) in [7, 11) is 0. The van der Waals surface area contributed by atoms with Crippen molar-refractivity contribution in [1.82, 2.24) is 0 Å². The van der Waals surface area contributed by atoms with Crippen LogP contribution in [0.15, 0.2) is 71.9 Å². The van der Waals surface area contributed by atoms with E-state index in [0.29, 0.717) is 0 Å². The zero-order valence-corrected chi connectivity index (χ0v) is 10.8. The standard InChI is InChI=1S/C16H13NS/c18-16-7-5-13(6-8-16)11-17-10-9-14-3-1-2-4-15(14)12-17/h1-10,12H,11H2/p+1. The molecule has 0 N–H and O–H groups in total. The fraction of sp³-hybridized carbons (Fsp3) is 0.0625. The average molecular weight is 252 g/mol. The first-order valence-corrected chi connectivity index (χ1v) is 6.42. The van der Waals surface area contributed by atoms with Crippen LogP contribution in [0.2, 0.25) is 0 Å². The van der Waals surface area contributed by atoms with Gasteiger partial charge < -0.3 is 0 Å². The van der Waals surface area contributed by atoms with Crippen LogP contribution in [0.5, 0.6) is 0 Å². The molecule has 0 aliphatic carbocycles. The molecule has 0 radical (unpaired) electrons. The van der Waals surface area contributed by atoms with Crippen molar-refractivity contribution in [1.29, 1.82) is 0 Å². The lowest BCUT2D eigenvalue weighted by molar-refractivity contribution is -0.687. The van der Waals surface area contributed by atoms with Gasteiger partial charge in [0.2, 0.25) is 0 Å². The van der Waals surface area contributed by atoms with E-state index in [1.54, 1.807) is 0 Å². The average Bonchev–Trinajstić information content (AvgIpc) is 2.41. The van der Waals surface area contributed by atoms with Gasteiger partial charge in [-0.2, -0.15) is 0 Å². The van der Waals surface area contributed by atoms with Gasteiger partial charge >= 0.3 is 0 Å². The van der Waals surface area contributed by atoms with Gasteiger partial charge in [0.1, 0.15) is 0 Å². The molecule has 2 aromatic carbocycles. The molecule has 1 nitrogen and oxygen atoms in total. The molecule has 1 heterocycles. The lowest BCUT2D eigenvalue weighted by Gasteiger charge is -2.00. The molecule has 0 aliphatic heterocycles. The van der Waals surface area contributed by atoms with E-state index >= 15 is 0 Å². The largest absolute Gasteiger partial charge is 0.200 e. The molecule has 0 saturated carbocycles. The second kappa shape index (κ2) is 4.83. The van der Waals surface area contributed by atoms with Gasteiger partial charge in [0, 0.05) is 21.9 Å². The van der Waals surface area contributed by atoms with Crippen molar-refractivity contribution < 1.29 is 4.57 Å². The monoisotopic (exact) mass is 252 g/mol. The van der Waals surface area contributed by atoms with E-state index in [0.717, 1.165) is 11.4 Å². The van der Waals surface area contributed by atoms with Gasteiger partial charge in [0.15, 0.2) is 18.9 Å². The zero-order valence-electron chi connectivity index (χ0n) is 9.95. The van der Waals surface area contributed by atoms with E-state index < -0.39 is 0 Å². The Morgan fingerprint density at radius 2 is 1.56 bits per heavy atom. The molecule has 0 bridgehead atoms. The van der Waals surface area contributed by atoms with Crippen molar-refractivity contribution in [3.63, 3.8) is 0 Å². The number of thiol groups is 1. The second-order valence-corrected chi connectivity index (χ2v) is 4.93. The van der Waals surface area contributed by atoms with Crippen LogP contribution in [0.3, 0.4) is 0 Å². The minimum Gasteiger partial charge on any atom is -0.200 e. The van der Waals surface area contributed by atoms with Gasteiger partial charge in [-0.15, -0.1) is 12.6 Å². The fourth-order valence-corrected chi connectivity index (χ4v) is 2.24. The Hall–Kier alpha value is -1.80. The van der Waals surface area contributed by atoms with E-state index in [2.05, 4.69) is 72.1 Å². The lowest BCUT2D eigenvalue weighted by Crippen LogP contribution is -2.33. The highest BCUT2D eigenvalue weighted by atomic mass is 32.1. The fourth-order valence-electron chi connectivity index (χ4n) is 2.09. The predicted molar refractivity (Wildman–Crippen MR) is 76.9 cm³/mol. The van der Waals surface area contributed by atoms with Crippen LogP contribution >= 0.6 is 12.6 Å². The molecule has 0 atom stereocenters. The molecule has 88 valence electrons. The molecule has 0 fully saturated rings. The van der Waals surface area contributed by atoms with Crippen LogP contribution in [0.25, 0.3) is 10.8 Å². The highest BCUT2D eigenvalue weighted by Gasteiger charge is 2.04. The molecule has 1 aromatic heterocycles. The van der Waals surface area contributed by atoms with Crippen molar-refractivity contribution >= 4 is 23.4 Å². The summed E-state index contributed by atoms with van der Waals surface area (Å²) in [6.07, 6.45) is 4.31. The Balaban J connectivity index is 1.92. The maximum Gasteiger partial charge on any atom is 0.176 e. The van der Waals surface area contributed by atoms with E-state index in [4.69, 9.17) is 0 Å². The van der Waals surface area contributed by atoms with Crippen molar-refractivity contribution in [2.45, 2.75) is 11.4 Å². The summed E-state index contributed by atoms with van der Waals surface area (Å²) in [5, 5.41) is 2.55. The van der Waals surface area contributed by atoms with Crippen LogP contribution in [0, 0.1) is 0 Å². The molecule has 2 heteroatoms. The van der Waals surface area contributed by atoms with Gasteiger partial charge in [0.05, 0.1) is 0 Å². The van der Waals surface area contributed by atoms with Crippen molar-refractivity contribution in [2.75, 3.05) is 0 Å². The first-order valence-electron chi connectivity index (χ1n) is 5.97. The van der Waals surface area contributed by atoms with Gasteiger partial charge in [-0.1, -0.05) is 30.3 Å². The topological polar surface area (TPSA) is 3.88 Å². The molecule has 3 rings (SSSR count). The highest BCUT2D eigenvalue weighted by Crippen LogP contribution is 2.11. The molecule has 18 heavy (non-hydrogen) atoms. The highest BCUT2D eigenvalue weighted by molar-refractivity contribution is 7.80. The first kappa shape index (κ1) is 11.3. The molecule has 0 aliphatic rings. The van der Waals surface area contributed by atoms with Crippen LogP contribution in [-0.4, -0.2) is 0 Å². The maximum absolute atomic E-state index is 4.30. The van der Waals surface area contributed by atoms with Crippen molar-refractivity contribution in [2.24, 2.45) is 0 Å². The summed E-state index contributed by atoms with van der Waals surface area (Å²) < 4.78 is 2.20. The van der Waals surface area contributed by atoms with Gasteiger partial charge in [0.25, 0.3) is 0 Å². The second-order valence-electron chi connectivity index (χ2n) is 4.41. The normalized spacial score (nSPS) is 10.7. The summed E-state index contributed by atoms with van der Waals surface area (Å²) in [6.45, 7) is 0.888. The Morgan fingerprint density at radius 1 is 0.833 bits per heavy atom.